The molecular weight excluding hydrogens is 156 g/mol. The molecule has 0 rings (SSSR count). The molecular formula is C9H17O3. The molecule has 1 unspecified atom stereocenters. The molecule has 1 radical (unpaired) electrons. The van der Waals surface area contributed by atoms with E-state index in [1.165, 1.54) is 6.26 Å². The summed E-state index contributed by atoms with van der Waals surface area (Å²) in [5.41, 5.74) is 0. The van der Waals surface area contributed by atoms with E-state index in [2.05, 4.69) is 13.5 Å². The van der Waals surface area contributed by atoms with E-state index in [0.29, 0.717) is 19.8 Å². The van der Waals surface area contributed by atoms with Crippen LogP contribution in [0.4, 0.5) is 0 Å². The van der Waals surface area contributed by atoms with Crippen molar-refractivity contribution in [2.45, 2.75) is 19.6 Å². The molecule has 0 amide bonds. The van der Waals surface area contributed by atoms with Crippen LogP contribution in [-0.4, -0.2) is 25.6 Å². The SMILES string of the molecule is [CH2]COC(C)(COCC)OC=C. The minimum atomic E-state index is -0.750. The number of rotatable bonds is 7. The van der Waals surface area contributed by atoms with Gasteiger partial charge in [-0.1, -0.05) is 6.58 Å². The van der Waals surface area contributed by atoms with Gasteiger partial charge in [0.2, 0.25) is 5.79 Å². The van der Waals surface area contributed by atoms with Gasteiger partial charge in [-0.15, -0.1) is 0 Å². The Kier molecular flexibility index (Phi) is 5.76. The maximum Gasteiger partial charge on any atom is 0.230 e. The van der Waals surface area contributed by atoms with Crippen LogP contribution in [0.1, 0.15) is 13.8 Å². The second-order valence-electron chi connectivity index (χ2n) is 2.40. The summed E-state index contributed by atoms with van der Waals surface area (Å²) in [4.78, 5) is 0. The highest BCUT2D eigenvalue weighted by Gasteiger charge is 2.25. The first-order valence-corrected chi connectivity index (χ1v) is 3.98. The minimum absolute atomic E-state index is 0.345. The highest BCUT2D eigenvalue weighted by molar-refractivity contribution is 4.67. The lowest BCUT2D eigenvalue weighted by Crippen LogP contribution is -2.36. The van der Waals surface area contributed by atoms with E-state index in [0.717, 1.165) is 0 Å². The average Bonchev–Trinajstić information content (AvgIpc) is 2.02. The zero-order valence-electron chi connectivity index (χ0n) is 7.84. The van der Waals surface area contributed by atoms with Crippen molar-refractivity contribution in [2.24, 2.45) is 0 Å². The van der Waals surface area contributed by atoms with Crippen LogP contribution in [0.3, 0.4) is 0 Å². The van der Waals surface area contributed by atoms with E-state index in [-0.39, 0.29) is 0 Å². The number of ether oxygens (including phenoxy) is 3. The lowest BCUT2D eigenvalue weighted by atomic mass is 10.3. The summed E-state index contributed by atoms with van der Waals surface area (Å²) in [6.07, 6.45) is 1.34. The lowest BCUT2D eigenvalue weighted by molar-refractivity contribution is -0.217. The molecule has 0 aliphatic heterocycles. The van der Waals surface area contributed by atoms with Gasteiger partial charge in [0.25, 0.3) is 0 Å². The molecule has 3 heteroatoms. The summed E-state index contributed by atoms with van der Waals surface area (Å²) in [5, 5.41) is 0. The second kappa shape index (κ2) is 6.03. The molecule has 0 aliphatic carbocycles. The highest BCUT2D eigenvalue weighted by Crippen LogP contribution is 2.12. The fourth-order valence-electron chi connectivity index (χ4n) is 0.789. The Morgan fingerprint density at radius 3 is 2.58 bits per heavy atom. The molecule has 12 heavy (non-hydrogen) atoms. The largest absolute Gasteiger partial charge is 0.468 e. The topological polar surface area (TPSA) is 27.7 Å². The van der Waals surface area contributed by atoms with E-state index >= 15 is 0 Å². The summed E-state index contributed by atoms with van der Waals surface area (Å²) in [6.45, 7) is 12.1. The van der Waals surface area contributed by atoms with Crippen LogP contribution in [0.15, 0.2) is 12.8 Å². The molecule has 0 aliphatic rings. The fourth-order valence-corrected chi connectivity index (χ4v) is 0.789. The lowest BCUT2D eigenvalue weighted by Gasteiger charge is -2.27. The first-order chi connectivity index (χ1) is 5.68. The van der Waals surface area contributed by atoms with Crippen LogP contribution in [0.25, 0.3) is 0 Å². The quantitative estimate of drug-likeness (QED) is 0.433. The maximum absolute atomic E-state index is 5.24. The monoisotopic (exact) mass is 173 g/mol. The minimum Gasteiger partial charge on any atom is -0.468 e. The van der Waals surface area contributed by atoms with E-state index in [1.807, 2.05) is 6.92 Å². The molecule has 0 heterocycles. The Balaban J connectivity index is 3.88. The van der Waals surface area contributed by atoms with Gasteiger partial charge >= 0.3 is 0 Å². The molecule has 71 valence electrons. The molecule has 0 bridgehead atoms. The Labute approximate surface area is 74.3 Å². The molecule has 0 aromatic carbocycles. The summed E-state index contributed by atoms with van der Waals surface area (Å²) < 4.78 is 15.6. The molecule has 0 aromatic heterocycles. The van der Waals surface area contributed by atoms with Gasteiger partial charge in [-0.3, -0.25) is 0 Å². The van der Waals surface area contributed by atoms with Gasteiger partial charge in [-0.25, -0.2) is 0 Å². The normalized spacial score (nSPS) is 15.2. The molecule has 0 N–H and O–H groups in total. The highest BCUT2D eigenvalue weighted by atomic mass is 16.7. The zero-order chi connectivity index (χ0) is 9.45. The Bertz CT molecular complexity index is 125. The van der Waals surface area contributed by atoms with E-state index in [9.17, 15) is 0 Å². The molecule has 1 atom stereocenters. The molecule has 0 spiro atoms. The number of hydrogen-bond acceptors (Lipinski definition) is 3. The van der Waals surface area contributed by atoms with Crippen molar-refractivity contribution in [2.75, 3.05) is 19.8 Å². The number of hydrogen-bond donors (Lipinski definition) is 0. The van der Waals surface area contributed by atoms with Gasteiger partial charge in [0.15, 0.2) is 0 Å². The van der Waals surface area contributed by atoms with Crippen LogP contribution in [0.5, 0.6) is 0 Å². The predicted octanol–water partition coefficient (Wildman–Crippen LogP) is 1.75. The smallest absolute Gasteiger partial charge is 0.230 e. The molecule has 3 nitrogen and oxygen atoms in total. The van der Waals surface area contributed by atoms with Crippen LogP contribution in [0, 0.1) is 6.92 Å². The van der Waals surface area contributed by atoms with Gasteiger partial charge < -0.3 is 14.2 Å². The van der Waals surface area contributed by atoms with Crippen molar-refractivity contribution in [1.29, 1.82) is 0 Å². The molecule has 0 fully saturated rings. The summed E-state index contributed by atoms with van der Waals surface area (Å²) >= 11 is 0. The second-order valence-corrected chi connectivity index (χ2v) is 2.40. The van der Waals surface area contributed by atoms with Gasteiger partial charge in [0, 0.05) is 13.5 Å². The van der Waals surface area contributed by atoms with Crippen molar-refractivity contribution >= 4 is 0 Å². The van der Waals surface area contributed by atoms with Crippen molar-refractivity contribution in [3.05, 3.63) is 19.8 Å². The zero-order valence-corrected chi connectivity index (χ0v) is 7.84. The van der Waals surface area contributed by atoms with Crippen LogP contribution in [0.2, 0.25) is 0 Å². The summed E-state index contributed by atoms with van der Waals surface area (Å²) in [5.74, 6) is -0.750. The van der Waals surface area contributed by atoms with Crippen molar-refractivity contribution < 1.29 is 14.2 Å². The van der Waals surface area contributed by atoms with Crippen molar-refractivity contribution in [1.82, 2.24) is 0 Å². The van der Waals surface area contributed by atoms with Crippen molar-refractivity contribution in [3.63, 3.8) is 0 Å². The third-order valence-electron chi connectivity index (χ3n) is 1.31. The Hall–Kier alpha value is -0.540. The van der Waals surface area contributed by atoms with Crippen LogP contribution >= 0.6 is 0 Å². The third kappa shape index (κ3) is 4.36. The van der Waals surface area contributed by atoms with Crippen LogP contribution in [-0.2, 0) is 14.2 Å². The fraction of sp³-hybridized carbons (Fsp3) is 0.667. The summed E-state index contributed by atoms with van der Waals surface area (Å²) in [6, 6.07) is 0. The Morgan fingerprint density at radius 1 is 1.50 bits per heavy atom. The van der Waals surface area contributed by atoms with Crippen molar-refractivity contribution in [3.8, 4) is 0 Å². The van der Waals surface area contributed by atoms with Gasteiger partial charge in [0.1, 0.15) is 6.61 Å². The third-order valence-corrected chi connectivity index (χ3v) is 1.31. The maximum atomic E-state index is 5.24. The standard InChI is InChI=1S/C9H17O3/c1-5-10-8-9(4,11-6-2)12-7-3/h6H,2-3,5,7-8H2,1,4H3. The first-order valence-electron chi connectivity index (χ1n) is 3.98. The summed E-state index contributed by atoms with van der Waals surface area (Å²) in [7, 11) is 0. The first kappa shape index (κ1) is 11.5. The van der Waals surface area contributed by atoms with E-state index < -0.39 is 5.79 Å². The molecule has 0 aromatic rings. The van der Waals surface area contributed by atoms with E-state index in [1.54, 1.807) is 6.92 Å². The molecule has 0 saturated heterocycles. The Morgan fingerprint density at radius 2 is 2.17 bits per heavy atom. The van der Waals surface area contributed by atoms with Gasteiger partial charge in [0.05, 0.1) is 12.9 Å². The van der Waals surface area contributed by atoms with E-state index in [4.69, 9.17) is 14.2 Å². The molecule has 0 saturated carbocycles. The predicted molar refractivity (Wildman–Crippen MR) is 47.5 cm³/mol. The van der Waals surface area contributed by atoms with Gasteiger partial charge in [-0.2, -0.15) is 0 Å². The average molecular weight is 173 g/mol. The van der Waals surface area contributed by atoms with Gasteiger partial charge in [-0.05, 0) is 13.8 Å². The van der Waals surface area contributed by atoms with Crippen LogP contribution < -0.4 is 0 Å².